The number of non-ortho nitro benzene ring substituents is 1. The van der Waals surface area contributed by atoms with Crippen molar-refractivity contribution >= 4 is 87.9 Å². The fourth-order valence-electron chi connectivity index (χ4n) is 4.30. The van der Waals surface area contributed by atoms with E-state index in [1.165, 1.54) is 48.5 Å². The molecule has 5 aromatic rings. The minimum absolute atomic E-state index is 0. The van der Waals surface area contributed by atoms with Gasteiger partial charge in [-0.3, -0.25) is 15.2 Å². The first-order chi connectivity index (χ1) is 22.2. The third-order valence-corrected chi connectivity index (χ3v) is 8.76. The van der Waals surface area contributed by atoms with Gasteiger partial charge >= 0.3 is 56.6 Å². The van der Waals surface area contributed by atoms with Gasteiger partial charge in [0.15, 0.2) is 5.75 Å². The third kappa shape index (κ3) is 9.50. The Morgan fingerprint density at radius 1 is 0.760 bits per heavy atom. The molecular formula is C26H15Li3N6O12S3. The molecule has 0 aliphatic heterocycles. The molecule has 0 radical (unpaired) electrons. The molecule has 18 nitrogen and oxygen atoms in total. The number of hydrogen-bond donors (Lipinski definition) is 2. The molecule has 0 aliphatic rings. The van der Waals surface area contributed by atoms with Crippen LogP contribution in [0.15, 0.2) is 108 Å². The number of anilines is 1. The summed E-state index contributed by atoms with van der Waals surface area (Å²) in [7, 11) is -9.94. The van der Waals surface area contributed by atoms with Gasteiger partial charge < -0.3 is 25.2 Å². The number of nitrogen functional groups attached to an aromatic ring is 1. The van der Waals surface area contributed by atoms with Crippen molar-refractivity contribution in [2.24, 2.45) is 20.5 Å². The van der Waals surface area contributed by atoms with Gasteiger partial charge in [-0.1, -0.05) is 6.07 Å². The van der Waals surface area contributed by atoms with Crippen molar-refractivity contribution < 1.29 is 107 Å². The predicted octanol–water partition coefficient (Wildman–Crippen LogP) is -3.93. The zero-order chi connectivity index (χ0) is 34.1. The van der Waals surface area contributed by atoms with Gasteiger partial charge in [-0.2, -0.15) is 9.45 Å². The Balaban J connectivity index is 0.00000289. The van der Waals surface area contributed by atoms with Gasteiger partial charge in [0.25, 0.3) is 5.69 Å². The summed E-state index contributed by atoms with van der Waals surface area (Å²) in [6.07, 6.45) is 0. The van der Waals surface area contributed by atoms with Crippen molar-refractivity contribution in [1.82, 2.24) is 0 Å². The number of fused-ring (bicyclic) bond motifs is 2. The number of phenolic OH excluding ortho intramolecular Hbond substituents is 1. The first-order valence-corrected chi connectivity index (χ1v) is 16.0. The van der Waals surface area contributed by atoms with Crippen molar-refractivity contribution in [3.05, 3.63) is 82.9 Å². The average molecular weight is 720 g/mol. The molecule has 5 rings (SSSR count). The fraction of sp³-hybridized carbons (Fsp3) is 0. The summed E-state index contributed by atoms with van der Waals surface area (Å²) in [6, 6.07) is 14.4. The molecule has 0 spiro atoms. The van der Waals surface area contributed by atoms with Crippen LogP contribution in [0.1, 0.15) is 0 Å². The standard InChI is InChI=1S/C26H18N6O12S3.3Li/c27-20-12-18-13(10-24(20)47(40,41)42)9-23(45-44-43-36)25(26(18)33)31-30-22-8-7-21(17-6-5-16(11-19(17)22)46(37,38)39)29-28-14-1-3-15(4-2-14)32(34)35;;;/h1-12,33,36H,27H2,(H,37,38,39)(H,40,41,42);;;/q;3*+1/p-3. The number of benzene rings is 5. The van der Waals surface area contributed by atoms with E-state index in [0.29, 0.717) is 0 Å². The molecule has 0 saturated heterocycles. The summed E-state index contributed by atoms with van der Waals surface area (Å²) >= 11 is 0.255. The Labute approximate surface area is 322 Å². The smallest absolute Gasteiger partial charge is 0.744 e. The van der Waals surface area contributed by atoms with Crippen LogP contribution >= 0.6 is 12.0 Å². The van der Waals surface area contributed by atoms with Crippen LogP contribution < -0.4 is 67.6 Å². The number of hydrogen-bond acceptors (Lipinski definition) is 18. The molecule has 50 heavy (non-hydrogen) atoms. The second-order valence-electron chi connectivity index (χ2n) is 9.30. The van der Waals surface area contributed by atoms with E-state index in [1.807, 2.05) is 0 Å². The molecule has 3 N–H and O–H groups in total. The number of nitrogens with zero attached hydrogens (tertiary/aromatic N) is 5. The summed E-state index contributed by atoms with van der Waals surface area (Å²) < 4.78 is 74.6. The maximum Gasteiger partial charge on any atom is 1.00 e. The fourth-order valence-corrected chi connectivity index (χ4v) is 5.91. The number of phenols is 1. The normalized spacial score (nSPS) is 11.7. The van der Waals surface area contributed by atoms with E-state index in [1.54, 1.807) is 0 Å². The molecule has 0 amide bonds. The molecule has 0 aromatic heterocycles. The van der Waals surface area contributed by atoms with Crippen molar-refractivity contribution in [3.8, 4) is 5.75 Å². The third-order valence-electron chi connectivity index (χ3n) is 6.42. The minimum atomic E-state index is -5.00. The van der Waals surface area contributed by atoms with Crippen LogP contribution in [0.4, 0.5) is 34.1 Å². The molecule has 24 heteroatoms. The molecule has 242 valence electrons. The number of nitro benzene ring substituents is 1. The van der Waals surface area contributed by atoms with Gasteiger partial charge in [0.05, 0.1) is 48.7 Å². The predicted molar refractivity (Wildman–Crippen MR) is 159 cm³/mol. The monoisotopic (exact) mass is 720 g/mol. The van der Waals surface area contributed by atoms with E-state index in [2.05, 4.69) is 29.8 Å². The number of nitro groups is 1. The van der Waals surface area contributed by atoms with Crippen molar-refractivity contribution in [3.63, 3.8) is 0 Å². The van der Waals surface area contributed by atoms with Crippen molar-refractivity contribution in [1.29, 1.82) is 0 Å². The Bertz CT molecular complexity index is 2370. The Kier molecular flexibility index (Phi) is 14.8. The summed E-state index contributed by atoms with van der Waals surface area (Å²) in [4.78, 5) is 8.80. The second-order valence-corrected chi connectivity index (χ2v) is 12.8. The summed E-state index contributed by atoms with van der Waals surface area (Å²) in [6.45, 7) is 0. The van der Waals surface area contributed by atoms with E-state index in [-0.39, 0.29) is 124 Å². The summed E-state index contributed by atoms with van der Waals surface area (Å²) in [5.74, 6) is -0.634. The quantitative estimate of drug-likeness (QED) is 0.0204. The van der Waals surface area contributed by atoms with Crippen LogP contribution in [0, 0.1) is 10.1 Å². The molecule has 0 aliphatic carbocycles. The van der Waals surface area contributed by atoms with E-state index < -0.39 is 46.4 Å². The number of azo groups is 2. The van der Waals surface area contributed by atoms with Crippen molar-refractivity contribution in [2.45, 2.75) is 14.7 Å². The zero-order valence-corrected chi connectivity index (χ0v) is 28.4. The zero-order valence-electron chi connectivity index (χ0n) is 25.9. The topological polar surface area (TPSA) is 295 Å². The largest absolute Gasteiger partial charge is 1.00 e. The van der Waals surface area contributed by atoms with Gasteiger partial charge in [0.2, 0.25) is 0 Å². The van der Waals surface area contributed by atoms with Crippen LogP contribution in [0.5, 0.6) is 5.75 Å². The SMILES string of the molecule is Nc1cc2c(O)c(N=Nc3ccc(N=Nc4ccc([N+](=O)[O-])cc4)c4ccc(S(=O)(=O)[O-])cc34)c(SOO[O-])cc2cc1S(=O)(=O)[O-].[Li+].[Li+].[Li+]. The van der Waals surface area contributed by atoms with Crippen LogP contribution in [0.3, 0.4) is 0 Å². The molecule has 0 fully saturated rings. The Morgan fingerprint density at radius 3 is 1.96 bits per heavy atom. The number of aromatic hydroxyl groups is 1. The molecular weight excluding hydrogens is 705 g/mol. The van der Waals surface area contributed by atoms with Crippen LogP contribution in [-0.2, 0) is 29.6 Å². The number of rotatable bonds is 10. The summed E-state index contributed by atoms with van der Waals surface area (Å²) in [5, 5.41) is 52.4. The van der Waals surface area contributed by atoms with Crippen LogP contribution in [0.2, 0.25) is 0 Å². The van der Waals surface area contributed by atoms with Crippen LogP contribution in [-0.4, -0.2) is 36.0 Å². The first-order valence-electron chi connectivity index (χ1n) is 12.5. The van der Waals surface area contributed by atoms with Gasteiger partial charge in [-0.05, 0) is 60.0 Å². The Hall–Kier alpha value is -3.34. The Morgan fingerprint density at radius 2 is 1.38 bits per heavy atom. The number of nitrogens with two attached hydrogens (primary N) is 1. The molecule has 0 bridgehead atoms. The first kappa shape index (κ1) is 42.8. The van der Waals surface area contributed by atoms with Crippen molar-refractivity contribution in [2.75, 3.05) is 5.73 Å². The van der Waals surface area contributed by atoms with Gasteiger partial charge in [0, 0.05) is 34.0 Å². The molecule has 0 atom stereocenters. The molecule has 5 aromatic carbocycles. The molecule has 0 heterocycles. The van der Waals surface area contributed by atoms with Gasteiger partial charge in [-0.25, -0.2) is 16.8 Å². The van der Waals surface area contributed by atoms with Gasteiger partial charge in [0.1, 0.15) is 25.9 Å². The van der Waals surface area contributed by atoms with E-state index >= 15 is 0 Å². The molecule has 0 unspecified atom stereocenters. The molecule has 0 saturated carbocycles. The average Bonchev–Trinajstić information content (AvgIpc) is 3.01. The van der Waals surface area contributed by atoms with E-state index in [0.717, 1.165) is 24.3 Å². The maximum atomic E-state index is 11.8. The van der Waals surface area contributed by atoms with Gasteiger partial charge in [-0.15, -0.1) is 15.3 Å². The maximum absolute atomic E-state index is 11.8. The second kappa shape index (κ2) is 17.3. The van der Waals surface area contributed by atoms with Crippen LogP contribution in [0.25, 0.3) is 21.5 Å². The summed E-state index contributed by atoms with van der Waals surface area (Å²) in [5.41, 5.74) is 5.14. The van der Waals surface area contributed by atoms with E-state index in [4.69, 9.17) is 5.73 Å². The van der Waals surface area contributed by atoms with E-state index in [9.17, 15) is 46.4 Å². The minimum Gasteiger partial charge on any atom is -0.744 e.